The van der Waals surface area contributed by atoms with Gasteiger partial charge in [-0.3, -0.25) is 19.2 Å². The molecule has 1 N–H and O–H groups in total. The number of likely N-dealkylation sites (tertiary alicyclic amines) is 2. The lowest BCUT2D eigenvalue weighted by molar-refractivity contribution is -0.159. The number of nitrogens with one attached hydrogen (secondary N) is 1. The normalized spacial score (nSPS) is 17.9. The van der Waals surface area contributed by atoms with Crippen LogP contribution in [0.5, 0.6) is 0 Å². The van der Waals surface area contributed by atoms with Crippen LogP contribution < -0.4 is 5.32 Å². The second-order valence-corrected chi connectivity index (χ2v) is 8.95. The highest BCUT2D eigenvalue weighted by Crippen LogP contribution is 2.41. The summed E-state index contributed by atoms with van der Waals surface area (Å²) in [5.41, 5.74) is 0.599. The lowest BCUT2D eigenvalue weighted by atomic mass is 9.78. The Labute approximate surface area is 198 Å². The van der Waals surface area contributed by atoms with Gasteiger partial charge in [0.2, 0.25) is 12.0 Å². The number of rotatable bonds is 6. The number of hydrogen-bond donors (Lipinski definition) is 1. The molecule has 1 atom stereocenters. The van der Waals surface area contributed by atoms with E-state index < -0.39 is 18.0 Å². The van der Waals surface area contributed by atoms with Crippen molar-refractivity contribution >= 4 is 23.7 Å². The highest BCUT2D eigenvalue weighted by atomic mass is 16.5. The number of carbonyl (C=O) groups is 4. The molecule has 34 heavy (non-hydrogen) atoms. The van der Waals surface area contributed by atoms with E-state index in [1.54, 1.807) is 34.1 Å². The van der Waals surface area contributed by atoms with Crippen molar-refractivity contribution in [2.24, 2.45) is 5.41 Å². The fraction of sp³-hybridized carbons (Fsp3) is 0.440. The van der Waals surface area contributed by atoms with E-state index in [1.807, 2.05) is 18.2 Å². The summed E-state index contributed by atoms with van der Waals surface area (Å²) in [5, 5.41) is 2.59. The Kier molecular flexibility index (Phi) is 7.00. The number of furan rings is 1. The third kappa shape index (κ3) is 5.30. The molecule has 2 aromatic rings. The molecular formula is C25H29N3O6. The Morgan fingerprint density at radius 3 is 2.29 bits per heavy atom. The Balaban J connectivity index is 1.30. The zero-order chi connectivity index (χ0) is 24.1. The lowest BCUT2D eigenvalue weighted by Gasteiger charge is -2.39. The molecule has 1 spiro atoms. The molecule has 9 nitrogen and oxygen atoms in total. The number of amides is 3. The van der Waals surface area contributed by atoms with Crippen molar-refractivity contribution in [1.29, 1.82) is 0 Å². The Morgan fingerprint density at radius 2 is 1.68 bits per heavy atom. The maximum atomic E-state index is 13.3. The third-order valence-electron chi connectivity index (χ3n) is 6.68. The average Bonchev–Trinajstić information content (AvgIpc) is 3.52. The lowest BCUT2D eigenvalue weighted by Crippen LogP contribution is -2.48. The number of piperidine rings is 1. The summed E-state index contributed by atoms with van der Waals surface area (Å²) >= 11 is 0. The molecule has 3 heterocycles. The standard InChI is InChI=1S/C25H29N3O6/c1-18(29)34-22(19-6-3-2-4-7-19)24(32)28-14-11-25(17-28)9-12-27(13-10-25)21(30)16-26-23(31)20-8-5-15-33-20/h2-8,15,22H,9-14,16-17H2,1H3,(H,26,31)/t22-/m1/s1. The van der Waals surface area contributed by atoms with Crippen molar-refractivity contribution in [3.05, 3.63) is 60.1 Å². The smallest absolute Gasteiger partial charge is 0.303 e. The molecule has 1 aromatic carbocycles. The number of nitrogens with zero attached hydrogens (tertiary/aromatic N) is 2. The van der Waals surface area contributed by atoms with Crippen LogP contribution in [0.2, 0.25) is 0 Å². The number of carbonyl (C=O) groups excluding carboxylic acids is 4. The van der Waals surface area contributed by atoms with Gasteiger partial charge in [0.15, 0.2) is 5.76 Å². The van der Waals surface area contributed by atoms with E-state index in [4.69, 9.17) is 9.15 Å². The Hall–Kier alpha value is -3.62. The van der Waals surface area contributed by atoms with Crippen molar-refractivity contribution in [1.82, 2.24) is 15.1 Å². The van der Waals surface area contributed by atoms with Gasteiger partial charge in [-0.05, 0) is 36.8 Å². The summed E-state index contributed by atoms with van der Waals surface area (Å²) in [6.07, 6.45) is 2.85. The monoisotopic (exact) mass is 467 g/mol. The highest BCUT2D eigenvalue weighted by Gasteiger charge is 2.44. The van der Waals surface area contributed by atoms with E-state index in [2.05, 4.69) is 5.32 Å². The summed E-state index contributed by atoms with van der Waals surface area (Å²) in [7, 11) is 0. The molecular weight excluding hydrogens is 438 g/mol. The maximum absolute atomic E-state index is 13.3. The topological polar surface area (TPSA) is 109 Å². The van der Waals surface area contributed by atoms with Gasteiger partial charge >= 0.3 is 5.97 Å². The first-order chi connectivity index (χ1) is 16.4. The molecule has 0 bridgehead atoms. The molecule has 0 aliphatic carbocycles. The van der Waals surface area contributed by atoms with Crippen molar-refractivity contribution in [3.8, 4) is 0 Å². The molecule has 3 amide bonds. The molecule has 4 rings (SSSR count). The summed E-state index contributed by atoms with van der Waals surface area (Å²) in [4.78, 5) is 53.0. The van der Waals surface area contributed by atoms with Crippen molar-refractivity contribution in [2.45, 2.75) is 32.3 Å². The van der Waals surface area contributed by atoms with E-state index in [0.717, 1.165) is 19.3 Å². The minimum atomic E-state index is -0.951. The second kappa shape index (κ2) is 10.1. The number of esters is 1. The minimum Gasteiger partial charge on any atom is -0.459 e. The largest absolute Gasteiger partial charge is 0.459 e. The quantitative estimate of drug-likeness (QED) is 0.652. The zero-order valence-corrected chi connectivity index (χ0v) is 19.2. The van der Waals surface area contributed by atoms with Crippen LogP contribution in [0, 0.1) is 5.41 Å². The Morgan fingerprint density at radius 1 is 1.00 bits per heavy atom. The van der Waals surface area contributed by atoms with E-state index in [9.17, 15) is 19.2 Å². The van der Waals surface area contributed by atoms with Crippen LogP contribution in [-0.2, 0) is 19.1 Å². The van der Waals surface area contributed by atoms with Crippen LogP contribution >= 0.6 is 0 Å². The third-order valence-corrected chi connectivity index (χ3v) is 6.68. The molecule has 2 fully saturated rings. The van der Waals surface area contributed by atoms with Gasteiger partial charge < -0.3 is 24.3 Å². The van der Waals surface area contributed by atoms with Gasteiger partial charge in [-0.1, -0.05) is 30.3 Å². The van der Waals surface area contributed by atoms with Crippen LogP contribution in [-0.4, -0.2) is 66.2 Å². The fourth-order valence-electron chi connectivity index (χ4n) is 4.75. The molecule has 2 aliphatic heterocycles. The maximum Gasteiger partial charge on any atom is 0.303 e. The van der Waals surface area contributed by atoms with Crippen LogP contribution in [0.1, 0.15) is 48.4 Å². The number of hydrogen-bond acceptors (Lipinski definition) is 6. The van der Waals surface area contributed by atoms with Gasteiger partial charge in [0.25, 0.3) is 11.8 Å². The average molecular weight is 468 g/mol. The van der Waals surface area contributed by atoms with Crippen LogP contribution in [0.15, 0.2) is 53.1 Å². The van der Waals surface area contributed by atoms with Gasteiger partial charge in [0, 0.05) is 38.7 Å². The van der Waals surface area contributed by atoms with Gasteiger partial charge in [0.1, 0.15) is 0 Å². The highest BCUT2D eigenvalue weighted by molar-refractivity contribution is 5.94. The van der Waals surface area contributed by atoms with Gasteiger partial charge in [-0.25, -0.2) is 0 Å². The van der Waals surface area contributed by atoms with Crippen LogP contribution in [0.3, 0.4) is 0 Å². The van der Waals surface area contributed by atoms with E-state index >= 15 is 0 Å². The van der Waals surface area contributed by atoms with Crippen LogP contribution in [0.25, 0.3) is 0 Å². The summed E-state index contributed by atoms with van der Waals surface area (Å²) in [6, 6.07) is 12.2. The second-order valence-electron chi connectivity index (χ2n) is 8.95. The fourth-order valence-corrected chi connectivity index (χ4v) is 4.75. The van der Waals surface area contributed by atoms with Crippen LogP contribution in [0.4, 0.5) is 0 Å². The van der Waals surface area contributed by atoms with Crippen molar-refractivity contribution in [2.75, 3.05) is 32.7 Å². The minimum absolute atomic E-state index is 0.0542. The summed E-state index contributed by atoms with van der Waals surface area (Å²) < 4.78 is 10.4. The summed E-state index contributed by atoms with van der Waals surface area (Å²) in [6.45, 7) is 3.54. The Bertz CT molecular complexity index is 1030. The number of ether oxygens (including phenoxy) is 1. The van der Waals surface area contributed by atoms with E-state index in [0.29, 0.717) is 31.7 Å². The zero-order valence-electron chi connectivity index (χ0n) is 19.2. The van der Waals surface area contributed by atoms with Gasteiger partial charge in [-0.2, -0.15) is 0 Å². The predicted octanol–water partition coefficient (Wildman–Crippen LogP) is 2.15. The number of benzene rings is 1. The van der Waals surface area contributed by atoms with Gasteiger partial charge in [-0.15, -0.1) is 0 Å². The predicted molar refractivity (Wildman–Crippen MR) is 121 cm³/mol. The van der Waals surface area contributed by atoms with E-state index in [-0.39, 0.29) is 29.5 Å². The molecule has 2 saturated heterocycles. The molecule has 0 saturated carbocycles. The first-order valence-corrected chi connectivity index (χ1v) is 11.5. The first kappa shape index (κ1) is 23.5. The van der Waals surface area contributed by atoms with E-state index in [1.165, 1.54) is 13.2 Å². The van der Waals surface area contributed by atoms with Gasteiger partial charge in [0.05, 0.1) is 12.8 Å². The molecule has 0 unspecified atom stereocenters. The molecule has 9 heteroatoms. The summed E-state index contributed by atoms with van der Waals surface area (Å²) in [5.74, 6) is -1.10. The molecule has 180 valence electrons. The molecule has 2 aliphatic rings. The SMILES string of the molecule is CC(=O)O[C@@H](C(=O)N1CCC2(CCN(C(=O)CNC(=O)c3ccco3)CC2)C1)c1ccccc1. The molecule has 0 radical (unpaired) electrons. The van der Waals surface area contributed by atoms with Crippen molar-refractivity contribution < 1.29 is 28.3 Å². The van der Waals surface area contributed by atoms with Crippen molar-refractivity contribution in [3.63, 3.8) is 0 Å². The first-order valence-electron chi connectivity index (χ1n) is 11.5. The molecule has 1 aromatic heterocycles.